The highest BCUT2D eigenvalue weighted by Gasteiger charge is 2.07. The molecule has 0 aliphatic rings. The highest BCUT2D eigenvalue weighted by molar-refractivity contribution is 7.86. The van der Waals surface area contributed by atoms with Gasteiger partial charge in [0.15, 0.2) is 0 Å². The highest BCUT2D eigenvalue weighted by atomic mass is 32.3. The van der Waals surface area contributed by atoms with Crippen molar-refractivity contribution >= 4 is 16.3 Å². The minimum atomic E-state index is -4.41. The third kappa shape index (κ3) is 4.18. The van der Waals surface area contributed by atoms with E-state index in [1.165, 1.54) is 0 Å². The summed E-state index contributed by atoms with van der Waals surface area (Å²) in [6.07, 6.45) is 1.65. The Bertz CT molecular complexity index is 421. The lowest BCUT2D eigenvalue weighted by atomic mass is 10.1. The molecule has 0 spiro atoms. The van der Waals surface area contributed by atoms with Gasteiger partial charge in [0, 0.05) is 0 Å². The van der Waals surface area contributed by atoms with E-state index >= 15 is 0 Å². The van der Waals surface area contributed by atoms with Crippen LogP contribution < -0.4 is 0 Å². The van der Waals surface area contributed by atoms with Crippen LogP contribution in [0.1, 0.15) is 12.5 Å². The summed E-state index contributed by atoms with van der Waals surface area (Å²) in [5, 5.41) is 0. The zero-order valence-electron chi connectivity index (χ0n) is 7.77. The molecule has 14 heavy (non-hydrogen) atoms. The first kappa shape index (κ1) is 10.9. The fourth-order valence-electron chi connectivity index (χ4n) is 1.15. The molecule has 0 aliphatic heterocycles. The van der Waals surface area contributed by atoms with Gasteiger partial charge in [-0.3, -0.25) is 0 Å². The number of hydrogen-bond acceptors (Lipinski definition) is 2. The van der Waals surface area contributed by atoms with Crippen LogP contribution in [-0.2, 0) is 10.2 Å². The van der Waals surface area contributed by atoms with Crippen LogP contribution in [0, 0.1) is 0 Å². The van der Waals surface area contributed by atoms with Crippen molar-refractivity contribution in [2.45, 2.75) is 6.92 Å². The first-order valence-electron chi connectivity index (χ1n) is 4.12. The van der Waals surface area contributed by atoms with Gasteiger partial charge in [-0.05, 0) is 12.5 Å². The van der Waals surface area contributed by atoms with Crippen molar-refractivity contribution in [2.24, 2.45) is 0 Å². The first-order chi connectivity index (χ1) is 6.47. The van der Waals surface area contributed by atoms with E-state index in [4.69, 9.17) is 0 Å². The fraction of sp³-hybridized carbons (Fsp3) is 0.200. The Hall–Kier alpha value is -1.16. The normalized spacial score (nSPS) is 12.9. The van der Waals surface area contributed by atoms with Gasteiger partial charge >= 0.3 is 10.2 Å². The molecule has 76 valence electrons. The lowest BCUT2D eigenvalue weighted by molar-refractivity contribution is 0.555. The lowest BCUT2D eigenvalue weighted by Gasteiger charge is -1.97. The van der Waals surface area contributed by atoms with Crippen LogP contribution in [-0.4, -0.2) is 14.2 Å². The van der Waals surface area contributed by atoms with Crippen LogP contribution >= 0.6 is 0 Å². The molecule has 0 aromatic heterocycles. The molecular weight excluding hydrogens is 203 g/mol. The maximum atomic E-state index is 12.3. The summed E-state index contributed by atoms with van der Waals surface area (Å²) in [7, 11) is -4.41. The Morgan fingerprint density at radius 2 is 1.93 bits per heavy atom. The summed E-state index contributed by atoms with van der Waals surface area (Å²) in [6, 6.07) is 9.19. The van der Waals surface area contributed by atoms with Gasteiger partial charge in [-0.2, -0.15) is 8.42 Å². The molecule has 0 bridgehead atoms. The van der Waals surface area contributed by atoms with Gasteiger partial charge in [-0.25, -0.2) is 0 Å². The van der Waals surface area contributed by atoms with Crippen molar-refractivity contribution in [3.63, 3.8) is 0 Å². The second-order valence-electron chi connectivity index (χ2n) is 3.08. The summed E-state index contributed by atoms with van der Waals surface area (Å²) in [6.45, 7) is 1.59. The molecule has 0 atom stereocenters. The SMILES string of the molecule is C/C(=C\c1ccccc1)CS(=O)(=O)F. The Morgan fingerprint density at radius 3 is 2.43 bits per heavy atom. The number of hydrogen-bond donors (Lipinski definition) is 0. The predicted molar refractivity (Wildman–Crippen MR) is 55.0 cm³/mol. The van der Waals surface area contributed by atoms with Crippen molar-refractivity contribution in [1.29, 1.82) is 0 Å². The third-order valence-corrected chi connectivity index (χ3v) is 2.41. The fourth-order valence-corrected chi connectivity index (χ4v) is 1.77. The van der Waals surface area contributed by atoms with Gasteiger partial charge in [0.2, 0.25) is 0 Å². The zero-order valence-corrected chi connectivity index (χ0v) is 8.59. The van der Waals surface area contributed by atoms with Crippen LogP contribution in [0.5, 0.6) is 0 Å². The summed E-state index contributed by atoms with van der Waals surface area (Å²) in [5.74, 6) is -0.540. The van der Waals surface area contributed by atoms with Crippen LogP contribution in [0.4, 0.5) is 3.89 Å². The lowest BCUT2D eigenvalue weighted by Crippen LogP contribution is -1.99. The standard InChI is InChI=1S/C10H11FO2S/c1-9(8-14(11,12)13)7-10-5-3-2-4-6-10/h2-7H,8H2,1H3/b9-7+. The van der Waals surface area contributed by atoms with Crippen molar-refractivity contribution in [3.05, 3.63) is 41.5 Å². The predicted octanol–water partition coefficient (Wildman–Crippen LogP) is 2.39. The molecule has 0 saturated carbocycles. The largest absolute Gasteiger partial charge is 0.306 e. The summed E-state index contributed by atoms with van der Waals surface area (Å²) >= 11 is 0. The molecule has 0 fully saturated rings. The molecule has 0 saturated heterocycles. The van der Waals surface area contributed by atoms with E-state index in [0.29, 0.717) is 5.57 Å². The summed E-state index contributed by atoms with van der Waals surface area (Å²) < 4.78 is 32.9. The van der Waals surface area contributed by atoms with E-state index in [2.05, 4.69) is 0 Å². The smallest absolute Gasteiger partial charge is 0.195 e. The molecule has 0 radical (unpaired) electrons. The quantitative estimate of drug-likeness (QED) is 0.724. The Morgan fingerprint density at radius 1 is 1.36 bits per heavy atom. The van der Waals surface area contributed by atoms with Crippen LogP contribution in [0.15, 0.2) is 35.9 Å². The number of halogens is 1. The average Bonchev–Trinajstić information content (AvgIpc) is 2.02. The minimum absolute atomic E-state index is 0.485. The first-order valence-corrected chi connectivity index (χ1v) is 5.67. The van der Waals surface area contributed by atoms with Gasteiger partial charge in [0.1, 0.15) is 5.75 Å². The van der Waals surface area contributed by atoms with Crippen LogP contribution in [0.25, 0.3) is 6.08 Å². The maximum absolute atomic E-state index is 12.3. The van der Waals surface area contributed by atoms with Gasteiger partial charge in [0.05, 0.1) is 0 Å². The summed E-state index contributed by atoms with van der Waals surface area (Å²) in [5.41, 5.74) is 1.35. The molecule has 4 heteroatoms. The molecule has 1 aromatic carbocycles. The second kappa shape index (κ2) is 4.37. The highest BCUT2D eigenvalue weighted by Crippen LogP contribution is 2.08. The number of rotatable bonds is 3. The topological polar surface area (TPSA) is 34.1 Å². The van der Waals surface area contributed by atoms with Crippen LogP contribution in [0.3, 0.4) is 0 Å². The zero-order chi connectivity index (χ0) is 10.6. The molecule has 2 nitrogen and oxygen atoms in total. The van der Waals surface area contributed by atoms with Crippen molar-refractivity contribution in [2.75, 3.05) is 5.75 Å². The van der Waals surface area contributed by atoms with Crippen molar-refractivity contribution in [3.8, 4) is 0 Å². The van der Waals surface area contributed by atoms with E-state index in [0.717, 1.165) is 5.56 Å². The third-order valence-electron chi connectivity index (χ3n) is 1.61. The molecule has 0 unspecified atom stereocenters. The van der Waals surface area contributed by atoms with E-state index in [-0.39, 0.29) is 0 Å². The van der Waals surface area contributed by atoms with Gasteiger partial charge in [-0.15, -0.1) is 3.89 Å². The molecule has 0 N–H and O–H groups in total. The maximum Gasteiger partial charge on any atom is 0.306 e. The Kier molecular flexibility index (Phi) is 3.41. The van der Waals surface area contributed by atoms with E-state index < -0.39 is 16.0 Å². The minimum Gasteiger partial charge on any atom is -0.195 e. The van der Waals surface area contributed by atoms with E-state index in [1.807, 2.05) is 30.3 Å². The van der Waals surface area contributed by atoms with E-state index in [9.17, 15) is 12.3 Å². The molecule has 1 rings (SSSR count). The molecular formula is C10H11FO2S. The summed E-state index contributed by atoms with van der Waals surface area (Å²) in [4.78, 5) is 0. The molecule has 0 amide bonds. The Labute approximate surface area is 83.3 Å². The van der Waals surface area contributed by atoms with Gasteiger partial charge in [-0.1, -0.05) is 42.0 Å². The molecule has 0 aliphatic carbocycles. The number of benzene rings is 1. The average molecular weight is 214 g/mol. The van der Waals surface area contributed by atoms with Gasteiger partial charge < -0.3 is 0 Å². The van der Waals surface area contributed by atoms with Crippen molar-refractivity contribution in [1.82, 2.24) is 0 Å². The Balaban J connectivity index is 2.80. The monoisotopic (exact) mass is 214 g/mol. The second-order valence-corrected chi connectivity index (χ2v) is 4.45. The van der Waals surface area contributed by atoms with Gasteiger partial charge in [0.25, 0.3) is 0 Å². The van der Waals surface area contributed by atoms with E-state index in [1.54, 1.807) is 13.0 Å². The molecule has 1 aromatic rings. The van der Waals surface area contributed by atoms with Crippen LogP contribution in [0.2, 0.25) is 0 Å². The molecule has 0 heterocycles. The van der Waals surface area contributed by atoms with Crippen molar-refractivity contribution < 1.29 is 12.3 Å².